The minimum absolute atomic E-state index is 0.0212. The maximum atomic E-state index is 10.9. The molecule has 90 valence electrons. The number of hydrogen-bond donors (Lipinski definition) is 0. The number of halogens is 1. The molecule has 0 saturated heterocycles. The maximum absolute atomic E-state index is 10.9. The van der Waals surface area contributed by atoms with Gasteiger partial charge >= 0.3 is 0 Å². The Balaban J connectivity index is 2.73. The summed E-state index contributed by atoms with van der Waals surface area (Å²) in [7, 11) is 3.38. The fourth-order valence-corrected chi connectivity index (χ4v) is 3.09. The van der Waals surface area contributed by atoms with E-state index in [0.29, 0.717) is 6.42 Å². The zero-order chi connectivity index (χ0) is 12.2. The lowest BCUT2D eigenvalue weighted by Crippen LogP contribution is -2.11. The van der Waals surface area contributed by atoms with E-state index >= 15 is 0 Å². The lowest BCUT2D eigenvalue weighted by molar-refractivity contribution is 0.407. The molecule has 0 aliphatic carbocycles. The third-order valence-electron chi connectivity index (χ3n) is 2.24. The Hall–Kier alpha value is -0.740. The van der Waals surface area contributed by atoms with E-state index in [1.165, 1.54) is 0 Å². The minimum atomic E-state index is -3.43. The van der Waals surface area contributed by atoms with Gasteiger partial charge in [-0.3, -0.25) is 0 Å². The molecular weight excluding hydrogens is 248 g/mol. The normalized spacial score (nSPS) is 13.4. The number of rotatable bonds is 5. The van der Waals surface area contributed by atoms with Crippen LogP contribution < -0.4 is 4.74 Å². The van der Waals surface area contributed by atoms with Crippen molar-refractivity contribution in [3.63, 3.8) is 0 Å². The SMILES string of the molecule is COc1ccccc1CC(C)CS(=O)(=O)Cl. The number of benzene rings is 1. The van der Waals surface area contributed by atoms with Crippen molar-refractivity contribution < 1.29 is 13.2 Å². The predicted molar refractivity (Wildman–Crippen MR) is 65.5 cm³/mol. The average molecular weight is 263 g/mol. The number of methoxy groups -OCH3 is 1. The first kappa shape index (κ1) is 13.3. The zero-order valence-corrected chi connectivity index (χ0v) is 10.9. The van der Waals surface area contributed by atoms with Crippen LogP contribution in [0.4, 0.5) is 0 Å². The van der Waals surface area contributed by atoms with Crippen LogP contribution in [0.15, 0.2) is 24.3 Å². The first-order valence-corrected chi connectivity index (χ1v) is 7.44. The molecule has 0 amide bonds. The lowest BCUT2D eigenvalue weighted by Gasteiger charge is -2.12. The molecule has 3 nitrogen and oxygen atoms in total. The monoisotopic (exact) mass is 262 g/mol. The molecule has 1 rings (SSSR count). The Labute approximate surface area is 101 Å². The molecule has 1 unspecified atom stereocenters. The van der Waals surface area contributed by atoms with Crippen molar-refractivity contribution in [1.29, 1.82) is 0 Å². The molecule has 0 fully saturated rings. The summed E-state index contributed by atoms with van der Waals surface area (Å²) in [4.78, 5) is 0. The molecule has 0 bridgehead atoms. The van der Waals surface area contributed by atoms with E-state index in [0.717, 1.165) is 11.3 Å². The van der Waals surface area contributed by atoms with Gasteiger partial charge in [0.05, 0.1) is 12.9 Å². The highest BCUT2D eigenvalue weighted by Gasteiger charge is 2.14. The van der Waals surface area contributed by atoms with Gasteiger partial charge in [0.15, 0.2) is 0 Å². The molecular formula is C11H15ClO3S. The fraction of sp³-hybridized carbons (Fsp3) is 0.455. The van der Waals surface area contributed by atoms with Crippen molar-refractivity contribution in [2.24, 2.45) is 5.92 Å². The second kappa shape index (κ2) is 5.55. The molecule has 0 aromatic heterocycles. The maximum Gasteiger partial charge on any atom is 0.232 e. The van der Waals surface area contributed by atoms with Gasteiger partial charge < -0.3 is 4.74 Å². The highest BCUT2D eigenvalue weighted by atomic mass is 35.7. The minimum Gasteiger partial charge on any atom is -0.496 e. The van der Waals surface area contributed by atoms with Crippen LogP contribution in [-0.2, 0) is 15.5 Å². The van der Waals surface area contributed by atoms with Gasteiger partial charge in [-0.25, -0.2) is 8.42 Å². The largest absolute Gasteiger partial charge is 0.496 e. The molecule has 1 aromatic carbocycles. The van der Waals surface area contributed by atoms with Gasteiger partial charge in [-0.2, -0.15) is 0 Å². The summed E-state index contributed by atoms with van der Waals surface area (Å²) in [6.07, 6.45) is 0.635. The molecule has 0 heterocycles. The van der Waals surface area contributed by atoms with E-state index in [1.807, 2.05) is 31.2 Å². The Kier molecular flexibility index (Phi) is 4.62. The van der Waals surface area contributed by atoms with Gasteiger partial charge in [0.2, 0.25) is 9.05 Å². The van der Waals surface area contributed by atoms with E-state index in [2.05, 4.69) is 0 Å². The molecule has 0 N–H and O–H groups in total. The summed E-state index contributed by atoms with van der Waals surface area (Å²) < 4.78 is 27.0. The topological polar surface area (TPSA) is 43.4 Å². The summed E-state index contributed by atoms with van der Waals surface area (Å²) in [5, 5.41) is 0. The first-order valence-electron chi connectivity index (χ1n) is 4.96. The van der Waals surface area contributed by atoms with E-state index in [1.54, 1.807) is 7.11 Å². The van der Waals surface area contributed by atoms with Crippen LogP contribution in [0.25, 0.3) is 0 Å². The standard InChI is InChI=1S/C11H15ClO3S/c1-9(8-16(12,13)14)7-10-5-3-4-6-11(10)15-2/h3-6,9H,7-8H2,1-2H3. The van der Waals surface area contributed by atoms with E-state index in [9.17, 15) is 8.42 Å². The summed E-state index contributed by atoms with van der Waals surface area (Å²) in [6, 6.07) is 7.57. The van der Waals surface area contributed by atoms with Crippen LogP contribution in [0.5, 0.6) is 5.75 Å². The van der Waals surface area contributed by atoms with Crippen LogP contribution in [0.2, 0.25) is 0 Å². The average Bonchev–Trinajstić information content (AvgIpc) is 2.15. The van der Waals surface area contributed by atoms with Crippen LogP contribution >= 0.6 is 10.7 Å². The third kappa shape index (κ3) is 4.41. The van der Waals surface area contributed by atoms with Crippen molar-refractivity contribution in [3.05, 3.63) is 29.8 Å². The molecule has 0 aliphatic rings. The molecule has 1 aromatic rings. The van der Waals surface area contributed by atoms with Gasteiger partial charge in [-0.1, -0.05) is 25.1 Å². The zero-order valence-electron chi connectivity index (χ0n) is 9.31. The van der Waals surface area contributed by atoms with Gasteiger partial charge in [-0.15, -0.1) is 0 Å². The van der Waals surface area contributed by atoms with Crippen LogP contribution in [0, 0.1) is 5.92 Å². The smallest absolute Gasteiger partial charge is 0.232 e. The van der Waals surface area contributed by atoms with E-state index in [4.69, 9.17) is 15.4 Å². The molecule has 0 aliphatic heterocycles. The Morgan fingerprint density at radius 1 is 1.38 bits per heavy atom. The molecule has 0 spiro atoms. The second-order valence-corrected chi connectivity index (χ2v) is 6.65. The molecule has 5 heteroatoms. The highest BCUT2D eigenvalue weighted by Crippen LogP contribution is 2.21. The van der Waals surface area contributed by atoms with E-state index in [-0.39, 0.29) is 11.7 Å². The second-order valence-electron chi connectivity index (χ2n) is 3.83. The summed E-state index contributed by atoms with van der Waals surface area (Å²) in [5.41, 5.74) is 0.998. The number of para-hydroxylation sites is 1. The van der Waals surface area contributed by atoms with Gasteiger partial charge in [0.25, 0.3) is 0 Å². The molecule has 0 radical (unpaired) electrons. The third-order valence-corrected chi connectivity index (χ3v) is 3.59. The molecule has 1 atom stereocenters. The Morgan fingerprint density at radius 3 is 2.56 bits per heavy atom. The molecule has 0 saturated carbocycles. The van der Waals surface area contributed by atoms with Crippen LogP contribution in [0.1, 0.15) is 12.5 Å². The summed E-state index contributed by atoms with van der Waals surface area (Å²) in [5.74, 6) is 0.729. The fourth-order valence-electron chi connectivity index (χ4n) is 1.65. The predicted octanol–water partition coefficient (Wildman–Crippen LogP) is 2.44. The summed E-state index contributed by atoms with van der Waals surface area (Å²) >= 11 is 0. The quantitative estimate of drug-likeness (QED) is 0.766. The Morgan fingerprint density at radius 2 is 2.00 bits per heavy atom. The number of ether oxygens (including phenoxy) is 1. The Bertz CT molecular complexity index is 442. The van der Waals surface area contributed by atoms with Crippen molar-refractivity contribution >= 4 is 19.7 Å². The number of hydrogen-bond acceptors (Lipinski definition) is 3. The van der Waals surface area contributed by atoms with Gasteiger partial charge in [0, 0.05) is 10.7 Å². The molecule has 16 heavy (non-hydrogen) atoms. The van der Waals surface area contributed by atoms with Crippen molar-refractivity contribution in [1.82, 2.24) is 0 Å². The lowest BCUT2D eigenvalue weighted by atomic mass is 10.0. The van der Waals surface area contributed by atoms with Gasteiger partial charge in [-0.05, 0) is 24.0 Å². The van der Waals surface area contributed by atoms with Crippen molar-refractivity contribution in [2.75, 3.05) is 12.9 Å². The van der Waals surface area contributed by atoms with E-state index < -0.39 is 9.05 Å². The van der Waals surface area contributed by atoms with Crippen molar-refractivity contribution in [3.8, 4) is 5.75 Å². The van der Waals surface area contributed by atoms with Gasteiger partial charge in [0.1, 0.15) is 5.75 Å². The summed E-state index contributed by atoms with van der Waals surface area (Å²) in [6.45, 7) is 1.85. The van der Waals surface area contributed by atoms with Crippen LogP contribution in [-0.4, -0.2) is 21.3 Å². The first-order chi connectivity index (χ1) is 7.42. The van der Waals surface area contributed by atoms with Crippen molar-refractivity contribution in [2.45, 2.75) is 13.3 Å². The van der Waals surface area contributed by atoms with Crippen LogP contribution in [0.3, 0.4) is 0 Å². The highest BCUT2D eigenvalue weighted by molar-refractivity contribution is 8.13.